The number of halogens is 2. The maximum atomic E-state index is 9.75. The van der Waals surface area contributed by atoms with Gasteiger partial charge in [0.15, 0.2) is 0 Å². The van der Waals surface area contributed by atoms with Gasteiger partial charge in [0.2, 0.25) is 0 Å². The second-order valence-electron chi connectivity index (χ2n) is 4.17. The molecule has 0 aromatic heterocycles. The first-order chi connectivity index (χ1) is 7.36. The van der Waals surface area contributed by atoms with Crippen molar-refractivity contribution in [3.05, 3.63) is 11.6 Å². The van der Waals surface area contributed by atoms with Gasteiger partial charge in [-0.25, -0.2) is 0 Å². The quantitative estimate of drug-likeness (QED) is 0.723. The van der Waals surface area contributed by atoms with Crippen LogP contribution in [0, 0.1) is 0 Å². The molecule has 2 N–H and O–H groups in total. The highest BCUT2D eigenvalue weighted by Crippen LogP contribution is 2.10. The van der Waals surface area contributed by atoms with E-state index >= 15 is 0 Å². The fourth-order valence-corrected chi connectivity index (χ4v) is 2.01. The number of piperidine rings is 1. The van der Waals surface area contributed by atoms with Crippen LogP contribution in [-0.2, 0) is 4.74 Å². The molecule has 0 aliphatic carbocycles. The molecule has 0 aromatic rings. The van der Waals surface area contributed by atoms with Crippen molar-refractivity contribution >= 4 is 24.8 Å². The summed E-state index contributed by atoms with van der Waals surface area (Å²) in [5.41, 5.74) is 1.15. The van der Waals surface area contributed by atoms with Crippen LogP contribution in [-0.4, -0.2) is 62.0 Å². The van der Waals surface area contributed by atoms with Gasteiger partial charge in [-0.05, 0) is 18.5 Å². The van der Waals surface area contributed by atoms with E-state index in [0.29, 0.717) is 0 Å². The molecule has 1 atom stereocenters. The standard InChI is InChI=1S/C11H20N2O2.2ClH/c14-11-1-3-12-9-10(11)2-4-13-5-7-15-8-6-13;;/h2,11-12,14H,1,3-9H2;2*1H. The van der Waals surface area contributed by atoms with Crippen molar-refractivity contribution in [2.24, 2.45) is 0 Å². The van der Waals surface area contributed by atoms with E-state index in [-0.39, 0.29) is 30.9 Å². The Labute approximate surface area is 115 Å². The van der Waals surface area contributed by atoms with Crippen molar-refractivity contribution in [1.82, 2.24) is 10.2 Å². The SMILES string of the molecule is Cl.Cl.OC1CCNCC1=CCN1CCOCC1. The van der Waals surface area contributed by atoms with Crippen LogP contribution in [0.5, 0.6) is 0 Å². The van der Waals surface area contributed by atoms with E-state index in [4.69, 9.17) is 4.74 Å². The predicted molar refractivity (Wildman–Crippen MR) is 73.3 cm³/mol. The normalized spacial score (nSPS) is 28.3. The van der Waals surface area contributed by atoms with Gasteiger partial charge in [0, 0.05) is 26.2 Å². The van der Waals surface area contributed by atoms with Gasteiger partial charge in [-0.15, -0.1) is 24.8 Å². The second kappa shape index (κ2) is 9.14. The van der Waals surface area contributed by atoms with Gasteiger partial charge in [0.05, 0.1) is 19.3 Å². The number of aliphatic hydroxyl groups excluding tert-OH is 1. The molecule has 0 amide bonds. The van der Waals surface area contributed by atoms with Crippen LogP contribution in [0.1, 0.15) is 6.42 Å². The minimum Gasteiger partial charge on any atom is -0.389 e. The molecule has 2 heterocycles. The maximum absolute atomic E-state index is 9.75. The largest absolute Gasteiger partial charge is 0.389 e. The molecule has 17 heavy (non-hydrogen) atoms. The number of hydrogen-bond donors (Lipinski definition) is 2. The van der Waals surface area contributed by atoms with Crippen molar-refractivity contribution in [2.75, 3.05) is 45.9 Å². The van der Waals surface area contributed by atoms with Gasteiger partial charge in [-0.2, -0.15) is 0 Å². The van der Waals surface area contributed by atoms with Crippen LogP contribution in [0.3, 0.4) is 0 Å². The summed E-state index contributed by atoms with van der Waals surface area (Å²) in [7, 11) is 0. The molecule has 2 aliphatic rings. The van der Waals surface area contributed by atoms with Crippen LogP contribution in [0.25, 0.3) is 0 Å². The molecule has 2 aliphatic heterocycles. The van der Waals surface area contributed by atoms with Crippen LogP contribution in [0.4, 0.5) is 0 Å². The van der Waals surface area contributed by atoms with Crippen molar-refractivity contribution in [3.8, 4) is 0 Å². The number of rotatable bonds is 2. The third-order valence-electron chi connectivity index (χ3n) is 3.07. The first kappa shape index (κ1) is 17.2. The summed E-state index contributed by atoms with van der Waals surface area (Å²) in [5, 5.41) is 13.0. The smallest absolute Gasteiger partial charge is 0.0775 e. The Morgan fingerprint density at radius 3 is 2.71 bits per heavy atom. The summed E-state index contributed by atoms with van der Waals surface area (Å²) in [6, 6.07) is 0. The Hall–Kier alpha value is 0.160. The Morgan fingerprint density at radius 2 is 2.06 bits per heavy atom. The van der Waals surface area contributed by atoms with Crippen molar-refractivity contribution < 1.29 is 9.84 Å². The molecule has 6 heteroatoms. The van der Waals surface area contributed by atoms with Gasteiger partial charge in [-0.3, -0.25) is 4.90 Å². The van der Waals surface area contributed by atoms with Crippen LogP contribution < -0.4 is 5.32 Å². The highest BCUT2D eigenvalue weighted by Gasteiger charge is 2.16. The average Bonchev–Trinajstić information content (AvgIpc) is 2.29. The molecule has 0 bridgehead atoms. The lowest BCUT2D eigenvalue weighted by atomic mass is 10.0. The van der Waals surface area contributed by atoms with E-state index in [1.165, 1.54) is 0 Å². The number of aliphatic hydroxyl groups is 1. The van der Waals surface area contributed by atoms with Gasteiger partial charge < -0.3 is 15.2 Å². The Kier molecular flexibility index (Phi) is 9.22. The summed E-state index contributed by atoms with van der Waals surface area (Å²) >= 11 is 0. The lowest BCUT2D eigenvalue weighted by molar-refractivity contribution is 0.0431. The van der Waals surface area contributed by atoms with E-state index < -0.39 is 0 Å². The van der Waals surface area contributed by atoms with Crippen LogP contribution >= 0.6 is 24.8 Å². The number of morpholine rings is 1. The van der Waals surface area contributed by atoms with E-state index in [2.05, 4.69) is 16.3 Å². The average molecular weight is 285 g/mol. The van der Waals surface area contributed by atoms with E-state index in [1.807, 2.05) is 0 Å². The minimum absolute atomic E-state index is 0. The Morgan fingerprint density at radius 1 is 1.35 bits per heavy atom. The summed E-state index contributed by atoms with van der Waals surface area (Å²) in [6.07, 6.45) is 2.78. The second-order valence-corrected chi connectivity index (χ2v) is 4.17. The fraction of sp³-hybridized carbons (Fsp3) is 0.818. The number of hydrogen-bond acceptors (Lipinski definition) is 4. The molecule has 2 fully saturated rings. The zero-order valence-electron chi connectivity index (χ0n) is 9.93. The van der Waals surface area contributed by atoms with Crippen LogP contribution in [0.15, 0.2) is 11.6 Å². The molecule has 1 unspecified atom stereocenters. The zero-order chi connectivity index (χ0) is 10.5. The van der Waals surface area contributed by atoms with Gasteiger partial charge in [0.1, 0.15) is 0 Å². The third-order valence-corrected chi connectivity index (χ3v) is 3.07. The first-order valence-corrected chi connectivity index (χ1v) is 5.74. The third kappa shape index (κ3) is 5.55. The monoisotopic (exact) mass is 284 g/mol. The number of ether oxygens (including phenoxy) is 1. The molecule has 0 radical (unpaired) electrons. The van der Waals surface area contributed by atoms with Gasteiger partial charge in [-0.1, -0.05) is 6.08 Å². The predicted octanol–water partition coefficient (Wildman–Crippen LogP) is 0.443. The van der Waals surface area contributed by atoms with Gasteiger partial charge in [0.25, 0.3) is 0 Å². The summed E-state index contributed by atoms with van der Waals surface area (Å²) in [6.45, 7) is 6.40. The zero-order valence-corrected chi connectivity index (χ0v) is 11.6. The van der Waals surface area contributed by atoms with Crippen molar-refractivity contribution in [3.63, 3.8) is 0 Å². The minimum atomic E-state index is -0.229. The molecule has 0 spiro atoms. The van der Waals surface area contributed by atoms with E-state index in [1.54, 1.807) is 0 Å². The van der Waals surface area contributed by atoms with E-state index in [9.17, 15) is 5.11 Å². The molecule has 102 valence electrons. The fourth-order valence-electron chi connectivity index (χ4n) is 2.01. The van der Waals surface area contributed by atoms with E-state index in [0.717, 1.165) is 57.9 Å². The molecule has 0 aromatic carbocycles. The maximum Gasteiger partial charge on any atom is 0.0775 e. The summed E-state index contributed by atoms with van der Waals surface area (Å²) in [4.78, 5) is 2.36. The first-order valence-electron chi connectivity index (χ1n) is 5.74. The number of nitrogens with one attached hydrogen (secondary N) is 1. The highest BCUT2D eigenvalue weighted by atomic mass is 35.5. The molecule has 2 saturated heterocycles. The van der Waals surface area contributed by atoms with Crippen molar-refractivity contribution in [1.29, 1.82) is 0 Å². The van der Waals surface area contributed by atoms with Crippen molar-refractivity contribution in [2.45, 2.75) is 12.5 Å². The number of nitrogens with zero attached hydrogens (tertiary/aromatic N) is 1. The molecule has 4 nitrogen and oxygen atoms in total. The molecular weight excluding hydrogens is 263 g/mol. The molecule has 2 rings (SSSR count). The molecular formula is C11H22Cl2N2O2. The van der Waals surface area contributed by atoms with Gasteiger partial charge >= 0.3 is 0 Å². The lowest BCUT2D eigenvalue weighted by Gasteiger charge is -2.27. The summed E-state index contributed by atoms with van der Waals surface area (Å²) in [5.74, 6) is 0. The highest BCUT2D eigenvalue weighted by molar-refractivity contribution is 5.85. The Balaban J connectivity index is 0.00000128. The molecule has 0 saturated carbocycles. The Bertz CT molecular complexity index is 234. The lowest BCUT2D eigenvalue weighted by Crippen LogP contribution is -2.38. The topological polar surface area (TPSA) is 44.7 Å². The van der Waals surface area contributed by atoms with Crippen LogP contribution in [0.2, 0.25) is 0 Å². The summed E-state index contributed by atoms with van der Waals surface area (Å²) < 4.78 is 5.29.